The average Bonchev–Trinajstić information content (AvgIpc) is 2.95. The van der Waals surface area contributed by atoms with Crippen molar-refractivity contribution in [3.05, 3.63) is 40.3 Å². The summed E-state index contributed by atoms with van der Waals surface area (Å²) in [6.45, 7) is 3.71. The molecule has 0 saturated carbocycles. The number of nitro benzene ring substituents is 1. The van der Waals surface area contributed by atoms with Crippen molar-refractivity contribution in [3.63, 3.8) is 0 Å². The molecular weight excluding hydrogens is 276 g/mol. The van der Waals surface area contributed by atoms with E-state index in [-0.39, 0.29) is 12.3 Å². The molecule has 0 fully saturated rings. The second-order valence-corrected chi connectivity index (χ2v) is 4.41. The Morgan fingerprint density at radius 2 is 2.29 bits per heavy atom. The highest BCUT2D eigenvalue weighted by Crippen LogP contribution is 2.21. The number of aromatic nitrogens is 2. The highest BCUT2D eigenvalue weighted by Gasteiger charge is 2.14. The summed E-state index contributed by atoms with van der Waals surface area (Å²) >= 11 is 0. The van der Waals surface area contributed by atoms with Gasteiger partial charge in [0.05, 0.1) is 18.1 Å². The van der Waals surface area contributed by atoms with Crippen LogP contribution in [0.1, 0.15) is 12.8 Å². The van der Waals surface area contributed by atoms with Gasteiger partial charge in [0, 0.05) is 24.2 Å². The lowest BCUT2D eigenvalue weighted by atomic mass is 10.2. The third-order valence-corrected chi connectivity index (χ3v) is 3.01. The van der Waals surface area contributed by atoms with Crippen molar-refractivity contribution < 1.29 is 14.6 Å². The zero-order valence-electron chi connectivity index (χ0n) is 11.6. The molecule has 0 spiro atoms. The van der Waals surface area contributed by atoms with Gasteiger partial charge in [-0.25, -0.2) is 0 Å². The van der Waals surface area contributed by atoms with E-state index in [9.17, 15) is 10.1 Å². The Bertz CT molecular complexity index is 614. The number of non-ortho nitro benzene ring substituents is 1. The normalized spacial score (nSPS) is 11.0. The van der Waals surface area contributed by atoms with Crippen molar-refractivity contribution in [2.45, 2.75) is 13.5 Å². The lowest BCUT2D eigenvalue weighted by Gasteiger charge is -2.15. The van der Waals surface area contributed by atoms with E-state index < -0.39 is 4.92 Å². The van der Waals surface area contributed by atoms with Crippen molar-refractivity contribution >= 4 is 5.69 Å². The van der Waals surface area contributed by atoms with Gasteiger partial charge < -0.3 is 9.63 Å². The van der Waals surface area contributed by atoms with Crippen LogP contribution in [-0.2, 0) is 6.54 Å². The molecule has 0 atom stereocenters. The number of nitrogens with zero attached hydrogens (tertiary/aromatic N) is 4. The van der Waals surface area contributed by atoms with Crippen LogP contribution >= 0.6 is 0 Å². The molecule has 0 saturated heterocycles. The predicted molar refractivity (Wildman–Crippen MR) is 74.4 cm³/mol. The summed E-state index contributed by atoms with van der Waals surface area (Å²) in [4.78, 5) is 16.5. The van der Waals surface area contributed by atoms with Crippen molar-refractivity contribution in [1.29, 1.82) is 0 Å². The van der Waals surface area contributed by atoms with Crippen LogP contribution in [0.4, 0.5) is 5.69 Å². The third kappa shape index (κ3) is 3.83. The number of hydrogen-bond donors (Lipinski definition) is 1. The van der Waals surface area contributed by atoms with E-state index in [1.807, 2.05) is 11.8 Å². The summed E-state index contributed by atoms with van der Waals surface area (Å²) in [5.41, 5.74) is 0.513. The maximum atomic E-state index is 10.8. The van der Waals surface area contributed by atoms with Crippen LogP contribution in [0.5, 0.6) is 0 Å². The molecular formula is C13H16N4O4. The number of likely N-dealkylation sites (N-methyl/N-ethyl adjacent to an activating group) is 1. The van der Waals surface area contributed by atoms with Crippen molar-refractivity contribution in [2.24, 2.45) is 0 Å². The zero-order chi connectivity index (χ0) is 15.2. The van der Waals surface area contributed by atoms with Crippen LogP contribution < -0.4 is 0 Å². The average molecular weight is 292 g/mol. The standard InChI is InChI=1S/C13H16N4O4/c1-2-16(6-7-18)9-12-14-13(15-21-12)10-4-3-5-11(8-10)17(19)20/h3-5,8,18H,2,6-7,9H2,1H3. The molecule has 2 rings (SSSR count). The Morgan fingerprint density at radius 1 is 1.48 bits per heavy atom. The highest BCUT2D eigenvalue weighted by atomic mass is 16.6. The molecule has 1 heterocycles. The molecule has 0 amide bonds. The second kappa shape index (κ2) is 6.91. The van der Waals surface area contributed by atoms with Gasteiger partial charge in [0.25, 0.3) is 5.69 Å². The molecule has 0 bridgehead atoms. The molecule has 0 radical (unpaired) electrons. The van der Waals surface area contributed by atoms with E-state index in [1.54, 1.807) is 12.1 Å². The number of hydrogen-bond acceptors (Lipinski definition) is 7. The van der Waals surface area contributed by atoms with Crippen LogP contribution in [0.3, 0.4) is 0 Å². The zero-order valence-corrected chi connectivity index (χ0v) is 11.6. The van der Waals surface area contributed by atoms with Crippen molar-refractivity contribution in [2.75, 3.05) is 19.7 Å². The fourth-order valence-electron chi connectivity index (χ4n) is 1.88. The van der Waals surface area contributed by atoms with E-state index in [0.29, 0.717) is 30.4 Å². The number of benzene rings is 1. The minimum absolute atomic E-state index is 0.0192. The third-order valence-electron chi connectivity index (χ3n) is 3.01. The summed E-state index contributed by atoms with van der Waals surface area (Å²) in [7, 11) is 0. The summed E-state index contributed by atoms with van der Waals surface area (Å²) < 4.78 is 5.14. The van der Waals surface area contributed by atoms with Gasteiger partial charge in [-0.3, -0.25) is 15.0 Å². The van der Waals surface area contributed by atoms with Crippen LogP contribution in [0.2, 0.25) is 0 Å². The molecule has 1 aromatic heterocycles. The molecule has 2 aromatic rings. The fraction of sp³-hybridized carbons (Fsp3) is 0.385. The molecule has 1 N–H and O–H groups in total. The lowest BCUT2D eigenvalue weighted by molar-refractivity contribution is -0.384. The monoisotopic (exact) mass is 292 g/mol. The minimum Gasteiger partial charge on any atom is -0.395 e. The molecule has 21 heavy (non-hydrogen) atoms. The van der Waals surface area contributed by atoms with E-state index in [4.69, 9.17) is 9.63 Å². The predicted octanol–water partition coefficient (Wildman–Crippen LogP) is 1.46. The lowest BCUT2D eigenvalue weighted by Crippen LogP contribution is -2.26. The molecule has 0 aliphatic rings. The van der Waals surface area contributed by atoms with E-state index in [0.717, 1.165) is 6.54 Å². The molecule has 112 valence electrons. The summed E-state index contributed by atoms with van der Waals surface area (Å²) in [5.74, 6) is 0.723. The Morgan fingerprint density at radius 3 is 2.95 bits per heavy atom. The molecule has 1 aromatic carbocycles. The Kier molecular flexibility index (Phi) is 4.96. The van der Waals surface area contributed by atoms with Gasteiger partial charge in [-0.1, -0.05) is 24.2 Å². The van der Waals surface area contributed by atoms with Crippen LogP contribution in [-0.4, -0.2) is 44.8 Å². The Hall–Kier alpha value is -2.32. The first-order chi connectivity index (χ1) is 10.1. The second-order valence-electron chi connectivity index (χ2n) is 4.41. The molecule has 0 aliphatic carbocycles. The summed E-state index contributed by atoms with van der Waals surface area (Å²) in [6.07, 6.45) is 0. The minimum atomic E-state index is -0.468. The maximum absolute atomic E-state index is 10.8. The van der Waals surface area contributed by atoms with Gasteiger partial charge in [-0.15, -0.1) is 0 Å². The van der Waals surface area contributed by atoms with Gasteiger partial charge in [-0.05, 0) is 6.54 Å². The first-order valence-electron chi connectivity index (χ1n) is 6.54. The van der Waals surface area contributed by atoms with Crippen molar-refractivity contribution in [3.8, 4) is 11.4 Å². The number of aliphatic hydroxyl groups excluding tert-OH is 1. The number of rotatable bonds is 7. The molecule has 8 heteroatoms. The van der Waals surface area contributed by atoms with Gasteiger partial charge in [0.2, 0.25) is 11.7 Å². The van der Waals surface area contributed by atoms with Gasteiger partial charge in [0.15, 0.2) is 0 Å². The van der Waals surface area contributed by atoms with Crippen molar-refractivity contribution in [1.82, 2.24) is 15.0 Å². The quantitative estimate of drug-likeness (QED) is 0.608. The van der Waals surface area contributed by atoms with Gasteiger partial charge >= 0.3 is 0 Å². The van der Waals surface area contributed by atoms with Gasteiger partial charge in [0.1, 0.15) is 0 Å². The SMILES string of the molecule is CCN(CCO)Cc1nc(-c2cccc([N+](=O)[O-])c2)no1. The smallest absolute Gasteiger partial charge is 0.270 e. The van der Waals surface area contributed by atoms with E-state index in [1.165, 1.54) is 12.1 Å². The van der Waals surface area contributed by atoms with Crippen LogP contribution in [0.25, 0.3) is 11.4 Å². The molecule has 0 unspecified atom stereocenters. The topological polar surface area (TPSA) is 106 Å². The Labute approximate surface area is 121 Å². The number of nitro groups is 1. The van der Waals surface area contributed by atoms with Crippen LogP contribution in [0, 0.1) is 10.1 Å². The highest BCUT2D eigenvalue weighted by molar-refractivity contribution is 5.58. The first kappa shape index (κ1) is 15.1. The molecule has 8 nitrogen and oxygen atoms in total. The first-order valence-corrected chi connectivity index (χ1v) is 6.54. The van der Waals surface area contributed by atoms with Gasteiger partial charge in [-0.2, -0.15) is 4.98 Å². The number of aliphatic hydroxyl groups is 1. The summed E-state index contributed by atoms with van der Waals surface area (Å²) in [5, 5.41) is 23.5. The fourth-order valence-corrected chi connectivity index (χ4v) is 1.88. The molecule has 0 aliphatic heterocycles. The van der Waals surface area contributed by atoms with E-state index >= 15 is 0 Å². The summed E-state index contributed by atoms with van der Waals surface area (Å²) in [6, 6.07) is 6.07. The Balaban J connectivity index is 2.16. The van der Waals surface area contributed by atoms with E-state index in [2.05, 4.69) is 10.1 Å². The largest absolute Gasteiger partial charge is 0.395 e. The van der Waals surface area contributed by atoms with Crippen LogP contribution in [0.15, 0.2) is 28.8 Å². The maximum Gasteiger partial charge on any atom is 0.270 e.